The van der Waals surface area contributed by atoms with Crippen LogP contribution in [0.3, 0.4) is 0 Å². The molecule has 0 saturated carbocycles. The topological polar surface area (TPSA) is 84.5 Å². The van der Waals surface area contributed by atoms with Crippen molar-refractivity contribution in [1.29, 1.82) is 0 Å². The van der Waals surface area contributed by atoms with E-state index in [1.54, 1.807) is 19.1 Å². The molecule has 0 aromatic heterocycles. The van der Waals surface area contributed by atoms with Crippen LogP contribution < -0.4 is 10.6 Å². The Morgan fingerprint density at radius 1 is 0.963 bits per heavy atom. The minimum atomic E-state index is -1.08. The van der Waals surface area contributed by atoms with Crippen molar-refractivity contribution in [2.75, 3.05) is 6.54 Å². The van der Waals surface area contributed by atoms with Crippen LogP contribution in [0.1, 0.15) is 35.3 Å². The molecule has 0 heterocycles. The Hall–Kier alpha value is -3.15. The fraction of sp³-hybridized carbons (Fsp3) is 0.286. The summed E-state index contributed by atoms with van der Waals surface area (Å²) in [5.74, 6) is -1.26. The first kappa shape index (κ1) is 20.2. The molecule has 6 heteroatoms. The number of urea groups is 1. The lowest BCUT2D eigenvalue weighted by molar-refractivity contribution is -0.127. The number of imide groups is 1. The van der Waals surface area contributed by atoms with Crippen LogP contribution in [-0.4, -0.2) is 30.6 Å². The normalized spacial score (nSPS) is 11.3. The van der Waals surface area contributed by atoms with Crippen LogP contribution in [0.2, 0.25) is 0 Å². The Morgan fingerprint density at radius 3 is 2.33 bits per heavy atom. The number of amides is 3. The maximum absolute atomic E-state index is 12.5. The lowest BCUT2D eigenvalue weighted by atomic mass is 10.00. The fourth-order valence-corrected chi connectivity index (χ4v) is 2.56. The molecule has 0 aliphatic carbocycles. The van der Waals surface area contributed by atoms with E-state index >= 15 is 0 Å². The van der Waals surface area contributed by atoms with Gasteiger partial charge < -0.3 is 10.1 Å². The first-order chi connectivity index (χ1) is 13.0. The molecular formula is C21H24N2O4. The standard InChI is InChI=1S/C21H24N2O4/c1-3-22-21(26)23-19(24)15(2)27-20(25)18-12-8-7-11-17(18)14-13-16-9-5-4-6-10-16/h4-12,15H,3,13-14H2,1-2H3,(H2,22,23,24,26). The summed E-state index contributed by atoms with van der Waals surface area (Å²) in [6.07, 6.45) is 0.384. The van der Waals surface area contributed by atoms with Gasteiger partial charge in [0.25, 0.3) is 5.91 Å². The smallest absolute Gasteiger partial charge is 0.339 e. The van der Waals surface area contributed by atoms with E-state index in [1.165, 1.54) is 12.5 Å². The zero-order valence-corrected chi connectivity index (χ0v) is 15.5. The molecule has 2 N–H and O–H groups in total. The molecule has 0 aliphatic rings. The number of ether oxygens (including phenoxy) is 1. The van der Waals surface area contributed by atoms with Crippen LogP contribution in [0.5, 0.6) is 0 Å². The summed E-state index contributed by atoms with van der Waals surface area (Å²) in [5, 5.41) is 4.58. The van der Waals surface area contributed by atoms with E-state index in [-0.39, 0.29) is 0 Å². The highest BCUT2D eigenvalue weighted by Crippen LogP contribution is 2.15. The zero-order valence-electron chi connectivity index (χ0n) is 15.5. The van der Waals surface area contributed by atoms with E-state index in [4.69, 9.17) is 4.74 Å². The van der Waals surface area contributed by atoms with Crippen molar-refractivity contribution in [2.45, 2.75) is 32.8 Å². The maximum Gasteiger partial charge on any atom is 0.339 e. The van der Waals surface area contributed by atoms with E-state index in [9.17, 15) is 14.4 Å². The monoisotopic (exact) mass is 368 g/mol. The molecule has 0 spiro atoms. The third kappa shape index (κ3) is 6.26. The molecule has 0 fully saturated rings. The van der Waals surface area contributed by atoms with Crippen LogP contribution in [-0.2, 0) is 22.4 Å². The highest BCUT2D eigenvalue weighted by molar-refractivity contribution is 5.98. The summed E-state index contributed by atoms with van der Waals surface area (Å²) in [6, 6.07) is 16.5. The Labute approximate surface area is 158 Å². The third-order valence-electron chi connectivity index (χ3n) is 3.99. The number of carbonyl (C=O) groups is 3. The molecule has 0 aliphatic heterocycles. The predicted octanol–water partition coefficient (Wildman–Crippen LogP) is 2.86. The summed E-state index contributed by atoms with van der Waals surface area (Å²) in [7, 11) is 0. The van der Waals surface area contributed by atoms with Gasteiger partial charge in [0.15, 0.2) is 6.10 Å². The molecule has 3 amide bonds. The zero-order chi connectivity index (χ0) is 19.6. The third-order valence-corrected chi connectivity index (χ3v) is 3.99. The number of nitrogens with one attached hydrogen (secondary N) is 2. The van der Waals surface area contributed by atoms with Gasteiger partial charge in [0.05, 0.1) is 5.56 Å². The number of rotatable bonds is 7. The van der Waals surface area contributed by atoms with Gasteiger partial charge in [0, 0.05) is 6.54 Å². The van der Waals surface area contributed by atoms with E-state index in [0.717, 1.165) is 12.0 Å². The summed E-state index contributed by atoms with van der Waals surface area (Å²) in [6.45, 7) is 3.56. The van der Waals surface area contributed by atoms with E-state index in [0.29, 0.717) is 18.5 Å². The van der Waals surface area contributed by atoms with Gasteiger partial charge in [-0.2, -0.15) is 0 Å². The molecule has 2 aromatic rings. The summed E-state index contributed by atoms with van der Waals surface area (Å²) in [4.78, 5) is 35.8. The minimum Gasteiger partial charge on any atom is -0.449 e. The highest BCUT2D eigenvalue weighted by atomic mass is 16.5. The quantitative estimate of drug-likeness (QED) is 0.736. The number of esters is 1. The van der Waals surface area contributed by atoms with Crippen molar-refractivity contribution in [1.82, 2.24) is 10.6 Å². The predicted molar refractivity (Wildman–Crippen MR) is 102 cm³/mol. The van der Waals surface area contributed by atoms with E-state index in [1.807, 2.05) is 42.5 Å². The highest BCUT2D eigenvalue weighted by Gasteiger charge is 2.22. The second-order valence-corrected chi connectivity index (χ2v) is 6.04. The average molecular weight is 368 g/mol. The van der Waals surface area contributed by atoms with Crippen LogP contribution in [0.25, 0.3) is 0 Å². The van der Waals surface area contributed by atoms with E-state index < -0.39 is 24.0 Å². The van der Waals surface area contributed by atoms with Gasteiger partial charge in [-0.05, 0) is 43.9 Å². The van der Waals surface area contributed by atoms with Crippen molar-refractivity contribution in [2.24, 2.45) is 0 Å². The number of hydrogen-bond donors (Lipinski definition) is 2. The lowest BCUT2D eigenvalue weighted by Gasteiger charge is -2.15. The Kier molecular flexibility index (Phi) is 7.55. The maximum atomic E-state index is 12.5. The molecule has 1 atom stereocenters. The molecule has 0 saturated heterocycles. The lowest BCUT2D eigenvalue weighted by Crippen LogP contribution is -2.44. The van der Waals surface area contributed by atoms with Crippen molar-refractivity contribution < 1.29 is 19.1 Å². The average Bonchev–Trinajstić information content (AvgIpc) is 2.67. The molecule has 6 nitrogen and oxygen atoms in total. The number of aryl methyl sites for hydroxylation is 2. The second kappa shape index (κ2) is 10.1. The van der Waals surface area contributed by atoms with E-state index in [2.05, 4.69) is 10.6 Å². The van der Waals surface area contributed by atoms with Crippen LogP contribution in [0, 0.1) is 0 Å². The molecule has 0 bridgehead atoms. The summed E-state index contributed by atoms with van der Waals surface area (Å²) in [5.41, 5.74) is 2.45. The number of carbonyl (C=O) groups excluding carboxylic acids is 3. The summed E-state index contributed by atoms with van der Waals surface area (Å²) >= 11 is 0. The SMILES string of the molecule is CCNC(=O)NC(=O)C(C)OC(=O)c1ccccc1CCc1ccccc1. The van der Waals surface area contributed by atoms with Crippen molar-refractivity contribution >= 4 is 17.9 Å². The number of hydrogen-bond acceptors (Lipinski definition) is 4. The van der Waals surface area contributed by atoms with Crippen molar-refractivity contribution in [3.8, 4) is 0 Å². The van der Waals surface area contributed by atoms with Gasteiger partial charge in [-0.15, -0.1) is 0 Å². The van der Waals surface area contributed by atoms with Gasteiger partial charge in [-0.1, -0.05) is 48.5 Å². The first-order valence-electron chi connectivity index (χ1n) is 8.92. The van der Waals surface area contributed by atoms with Gasteiger partial charge in [-0.3, -0.25) is 10.1 Å². The number of benzene rings is 2. The Balaban J connectivity index is 1.99. The van der Waals surface area contributed by atoms with Crippen LogP contribution in [0.4, 0.5) is 4.79 Å². The Bertz CT molecular complexity index is 790. The Morgan fingerprint density at radius 2 is 1.63 bits per heavy atom. The molecule has 0 radical (unpaired) electrons. The second-order valence-electron chi connectivity index (χ2n) is 6.04. The van der Waals surface area contributed by atoms with Crippen LogP contribution in [0.15, 0.2) is 54.6 Å². The molecule has 2 aromatic carbocycles. The van der Waals surface area contributed by atoms with Gasteiger partial charge >= 0.3 is 12.0 Å². The van der Waals surface area contributed by atoms with Crippen LogP contribution >= 0.6 is 0 Å². The van der Waals surface area contributed by atoms with Gasteiger partial charge in [0.2, 0.25) is 0 Å². The van der Waals surface area contributed by atoms with Crippen molar-refractivity contribution in [3.05, 3.63) is 71.3 Å². The first-order valence-corrected chi connectivity index (χ1v) is 8.92. The van der Waals surface area contributed by atoms with Gasteiger partial charge in [0.1, 0.15) is 0 Å². The molecule has 142 valence electrons. The van der Waals surface area contributed by atoms with Gasteiger partial charge in [-0.25, -0.2) is 9.59 Å². The minimum absolute atomic E-state index is 0.391. The molecule has 27 heavy (non-hydrogen) atoms. The molecule has 1 unspecified atom stereocenters. The molecule has 2 rings (SSSR count). The largest absolute Gasteiger partial charge is 0.449 e. The fourth-order valence-electron chi connectivity index (χ4n) is 2.56. The van der Waals surface area contributed by atoms with Crippen molar-refractivity contribution in [3.63, 3.8) is 0 Å². The summed E-state index contributed by atoms with van der Waals surface area (Å²) < 4.78 is 5.24. The molecular weight excluding hydrogens is 344 g/mol.